The predicted octanol–water partition coefficient (Wildman–Crippen LogP) is 2.91. The van der Waals surface area contributed by atoms with Crippen LogP contribution in [0, 0.1) is 6.92 Å². The monoisotopic (exact) mass is 368 g/mol. The van der Waals surface area contributed by atoms with Gasteiger partial charge in [0.25, 0.3) is 0 Å². The minimum Gasteiger partial charge on any atom is -0.493 e. The smallest absolute Gasteiger partial charge is 0.223 e. The van der Waals surface area contributed by atoms with Gasteiger partial charge in [-0.25, -0.2) is 0 Å². The second kappa shape index (κ2) is 10.1. The number of aryl methyl sites for hydroxylation is 1. The van der Waals surface area contributed by atoms with Gasteiger partial charge in [-0.2, -0.15) is 0 Å². The molecule has 0 aromatic heterocycles. The zero-order valence-corrected chi connectivity index (χ0v) is 15.9. The van der Waals surface area contributed by atoms with Crippen molar-refractivity contribution >= 4 is 5.91 Å². The molecule has 0 spiro atoms. The maximum absolute atomic E-state index is 12.2. The molecule has 2 aromatic rings. The Morgan fingerprint density at radius 3 is 2.56 bits per heavy atom. The number of nitrogens with one attached hydrogen (secondary N) is 1. The van der Waals surface area contributed by atoms with Gasteiger partial charge in [0, 0.05) is 26.2 Å². The first-order valence-electron chi connectivity index (χ1n) is 9.54. The first-order chi connectivity index (χ1) is 13.2. The minimum absolute atomic E-state index is 0.00441. The Bertz CT molecular complexity index is 742. The number of amides is 1. The topological polar surface area (TPSA) is 50.8 Å². The third-order valence-corrected chi connectivity index (χ3v) is 4.77. The number of hydrogen-bond donors (Lipinski definition) is 1. The normalized spacial score (nSPS) is 14.7. The van der Waals surface area contributed by atoms with Crippen LogP contribution in [0.25, 0.3) is 0 Å². The van der Waals surface area contributed by atoms with Crippen molar-refractivity contribution in [3.8, 4) is 5.75 Å². The van der Waals surface area contributed by atoms with E-state index in [2.05, 4.69) is 28.4 Å². The van der Waals surface area contributed by atoms with Gasteiger partial charge in [0.2, 0.25) is 5.91 Å². The summed E-state index contributed by atoms with van der Waals surface area (Å²) in [6.07, 6.45) is 0.347. The van der Waals surface area contributed by atoms with Gasteiger partial charge in [-0.1, -0.05) is 42.5 Å². The molecule has 1 saturated heterocycles. The molecule has 1 aliphatic heterocycles. The van der Waals surface area contributed by atoms with E-state index in [0.717, 1.165) is 49.7 Å². The number of carbonyl (C=O) groups is 1. The van der Waals surface area contributed by atoms with Crippen LogP contribution in [-0.2, 0) is 22.6 Å². The zero-order chi connectivity index (χ0) is 18.9. The number of para-hydroxylation sites is 1. The lowest BCUT2D eigenvalue weighted by Crippen LogP contribution is -2.36. The molecule has 0 radical (unpaired) electrons. The molecular weight excluding hydrogens is 340 g/mol. The molecule has 144 valence electrons. The van der Waals surface area contributed by atoms with Gasteiger partial charge in [-0.3, -0.25) is 9.69 Å². The van der Waals surface area contributed by atoms with E-state index in [0.29, 0.717) is 19.6 Å². The Morgan fingerprint density at radius 2 is 1.78 bits per heavy atom. The molecule has 1 heterocycles. The quantitative estimate of drug-likeness (QED) is 0.778. The lowest BCUT2D eigenvalue weighted by atomic mass is 10.1. The Hall–Kier alpha value is -2.37. The molecule has 0 unspecified atom stereocenters. The Morgan fingerprint density at radius 1 is 1.07 bits per heavy atom. The maximum atomic E-state index is 12.2. The summed E-state index contributed by atoms with van der Waals surface area (Å²) in [4.78, 5) is 14.6. The molecule has 2 aromatic carbocycles. The van der Waals surface area contributed by atoms with Gasteiger partial charge in [0.1, 0.15) is 5.75 Å². The summed E-state index contributed by atoms with van der Waals surface area (Å²) in [7, 11) is 0. The highest BCUT2D eigenvalue weighted by atomic mass is 16.5. The SMILES string of the molecule is Cc1ccccc1OCCC(=O)NCc1ccccc1CN1CCOCC1. The van der Waals surface area contributed by atoms with Crippen molar-refractivity contribution in [1.82, 2.24) is 10.2 Å². The van der Waals surface area contributed by atoms with Crippen molar-refractivity contribution in [2.45, 2.75) is 26.4 Å². The predicted molar refractivity (Wildman–Crippen MR) is 106 cm³/mol. The number of hydrogen-bond acceptors (Lipinski definition) is 4. The van der Waals surface area contributed by atoms with Crippen molar-refractivity contribution in [2.75, 3.05) is 32.9 Å². The number of carbonyl (C=O) groups excluding carboxylic acids is 1. The van der Waals surface area contributed by atoms with Crippen LogP contribution in [0.3, 0.4) is 0 Å². The maximum Gasteiger partial charge on any atom is 0.223 e. The molecule has 0 saturated carbocycles. The highest BCUT2D eigenvalue weighted by molar-refractivity contribution is 5.76. The fraction of sp³-hybridized carbons (Fsp3) is 0.409. The molecule has 0 aliphatic carbocycles. The van der Waals surface area contributed by atoms with E-state index in [9.17, 15) is 4.79 Å². The minimum atomic E-state index is 0.00441. The van der Waals surface area contributed by atoms with Crippen LogP contribution in [-0.4, -0.2) is 43.7 Å². The number of nitrogens with zero attached hydrogens (tertiary/aromatic N) is 1. The summed E-state index contributed by atoms with van der Waals surface area (Å²) in [5.74, 6) is 0.839. The first kappa shape index (κ1) is 19.4. The van der Waals surface area contributed by atoms with Crippen molar-refractivity contribution in [3.63, 3.8) is 0 Å². The van der Waals surface area contributed by atoms with Gasteiger partial charge in [-0.15, -0.1) is 0 Å². The van der Waals surface area contributed by atoms with Crippen LogP contribution in [0.5, 0.6) is 5.75 Å². The second-order valence-corrected chi connectivity index (χ2v) is 6.80. The molecule has 5 heteroatoms. The number of ether oxygens (including phenoxy) is 2. The van der Waals surface area contributed by atoms with Crippen molar-refractivity contribution < 1.29 is 14.3 Å². The van der Waals surface area contributed by atoms with Crippen LogP contribution in [0.1, 0.15) is 23.1 Å². The van der Waals surface area contributed by atoms with Gasteiger partial charge in [0.15, 0.2) is 0 Å². The van der Waals surface area contributed by atoms with Gasteiger partial charge < -0.3 is 14.8 Å². The average molecular weight is 368 g/mol. The van der Waals surface area contributed by atoms with Gasteiger partial charge in [-0.05, 0) is 29.7 Å². The fourth-order valence-electron chi connectivity index (χ4n) is 3.14. The van der Waals surface area contributed by atoms with Crippen molar-refractivity contribution in [2.24, 2.45) is 0 Å². The fourth-order valence-corrected chi connectivity index (χ4v) is 3.14. The largest absolute Gasteiger partial charge is 0.493 e. The zero-order valence-electron chi connectivity index (χ0n) is 15.9. The molecule has 1 fully saturated rings. The van der Waals surface area contributed by atoms with E-state index in [1.807, 2.05) is 37.3 Å². The van der Waals surface area contributed by atoms with Gasteiger partial charge in [0.05, 0.1) is 26.2 Å². The van der Waals surface area contributed by atoms with Crippen molar-refractivity contribution in [1.29, 1.82) is 0 Å². The third-order valence-electron chi connectivity index (χ3n) is 4.77. The van der Waals surface area contributed by atoms with E-state index in [1.165, 1.54) is 5.56 Å². The molecule has 1 N–H and O–H groups in total. The number of benzene rings is 2. The van der Waals surface area contributed by atoms with E-state index in [1.54, 1.807) is 0 Å². The van der Waals surface area contributed by atoms with Crippen molar-refractivity contribution in [3.05, 3.63) is 65.2 Å². The molecule has 0 bridgehead atoms. The third kappa shape index (κ3) is 6.08. The molecule has 0 atom stereocenters. The number of rotatable bonds is 8. The highest BCUT2D eigenvalue weighted by Gasteiger charge is 2.13. The van der Waals surface area contributed by atoms with Crippen LogP contribution in [0.15, 0.2) is 48.5 Å². The van der Waals surface area contributed by atoms with Crippen LogP contribution in [0.4, 0.5) is 0 Å². The average Bonchev–Trinajstić information content (AvgIpc) is 2.70. The van der Waals surface area contributed by atoms with E-state index in [-0.39, 0.29) is 5.91 Å². The molecule has 27 heavy (non-hydrogen) atoms. The lowest BCUT2D eigenvalue weighted by molar-refractivity contribution is -0.121. The summed E-state index contributed by atoms with van der Waals surface area (Å²) in [5.41, 5.74) is 3.50. The Balaban J connectivity index is 1.45. The Kier molecular flexibility index (Phi) is 7.25. The molecule has 1 amide bonds. The van der Waals surface area contributed by atoms with Crippen LogP contribution < -0.4 is 10.1 Å². The molecule has 1 aliphatic rings. The Labute approximate surface area is 161 Å². The summed E-state index contributed by atoms with van der Waals surface area (Å²) in [6, 6.07) is 16.1. The molecule has 5 nitrogen and oxygen atoms in total. The van der Waals surface area contributed by atoms with E-state index in [4.69, 9.17) is 9.47 Å². The summed E-state index contributed by atoms with van der Waals surface area (Å²) < 4.78 is 11.1. The summed E-state index contributed by atoms with van der Waals surface area (Å²) in [6.45, 7) is 7.32. The highest BCUT2D eigenvalue weighted by Crippen LogP contribution is 2.16. The summed E-state index contributed by atoms with van der Waals surface area (Å²) in [5, 5.41) is 3.02. The molecule has 3 rings (SSSR count). The standard InChI is InChI=1S/C22H28N2O3/c1-18-6-2-5-9-21(18)27-13-10-22(25)23-16-19-7-3-4-8-20(19)17-24-11-14-26-15-12-24/h2-9H,10-17H2,1H3,(H,23,25). The van der Waals surface area contributed by atoms with Crippen LogP contribution in [0.2, 0.25) is 0 Å². The van der Waals surface area contributed by atoms with Gasteiger partial charge >= 0.3 is 0 Å². The van der Waals surface area contributed by atoms with E-state index >= 15 is 0 Å². The molecular formula is C22H28N2O3. The van der Waals surface area contributed by atoms with E-state index < -0.39 is 0 Å². The number of morpholine rings is 1. The lowest BCUT2D eigenvalue weighted by Gasteiger charge is -2.27. The second-order valence-electron chi connectivity index (χ2n) is 6.80. The van der Waals surface area contributed by atoms with Crippen LogP contribution >= 0.6 is 0 Å². The summed E-state index contributed by atoms with van der Waals surface area (Å²) >= 11 is 0. The first-order valence-corrected chi connectivity index (χ1v) is 9.54.